The Morgan fingerprint density at radius 3 is 2.36 bits per heavy atom. The van der Waals surface area contributed by atoms with Crippen molar-refractivity contribution >= 4 is 11.9 Å². The lowest BCUT2D eigenvalue weighted by Crippen LogP contribution is -2.37. The Morgan fingerprint density at radius 2 is 1.86 bits per heavy atom. The summed E-state index contributed by atoms with van der Waals surface area (Å²) in [4.78, 5) is 23.1. The summed E-state index contributed by atoms with van der Waals surface area (Å²) < 4.78 is 0. The molecule has 4 nitrogen and oxygen atoms in total. The molecule has 4 heteroatoms. The van der Waals surface area contributed by atoms with Gasteiger partial charge in [0, 0.05) is 19.2 Å². The number of carbonyl (C=O) groups excluding carboxylic acids is 2. The Kier molecular flexibility index (Phi) is 3.68. The monoisotopic (exact) mass is 196 g/mol. The third-order valence-corrected chi connectivity index (χ3v) is 2.46. The van der Waals surface area contributed by atoms with Gasteiger partial charge >= 0.3 is 0 Å². The molecule has 0 spiro atoms. The number of carbonyl (C=O) groups is 2. The molecule has 0 saturated carbocycles. The molecule has 1 fully saturated rings. The summed E-state index contributed by atoms with van der Waals surface area (Å²) in [7, 11) is 0. The van der Waals surface area contributed by atoms with Crippen LogP contribution in [0.15, 0.2) is 12.2 Å². The zero-order valence-corrected chi connectivity index (χ0v) is 8.23. The largest absolute Gasteiger partial charge is 0.545 e. The van der Waals surface area contributed by atoms with Gasteiger partial charge in [-0.1, -0.05) is 6.92 Å². The maximum atomic E-state index is 11.4. The van der Waals surface area contributed by atoms with E-state index < -0.39 is 5.97 Å². The van der Waals surface area contributed by atoms with Gasteiger partial charge in [0.15, 0.2) is 0 Å². The van der Waals surface area contributed by atoms with E-state index in [2.05, 4.69) is 6.92 Å². The van der Waals surface area contributed by atoms with Gasteiger partial charge in [0.05, 0.1) is 5.97 Å². The van der Waals surface area contributed by atoms with Crippen LogP contribution in [0.3, 0.4) is 0 Å². The van der Waals surface area contributed by atoms with Crippen LogP contribution in [0.1, 0.15) is 19.8 Å². The highest BCUT2D eigenvalue weighted by molar-refractivity contribution is 5.93. The molecule has 1 aliphatic heterocycles. The van der Waals surface area contributed by atoms with E-state index >= 15 is 0 Å². The molecule has 0 aliphatic carbocycles. The van der Waals surface area contributed by atoms with Crippen LogP contribution in [0.25, 0.3) is 0 Å². The van der Waals surface area contributed by atoms with Crippen molar-refractivity contribution in [3.05, 3.63) is 12.2 Å². The Labute approximate surface area is 83.2 Å². The second-order valence-corrected chi connectivity index (χ2v) is 3.66. The highest BCUT2D eigenvalue weighted by Crippen LogP contribution is 2.15. The van der Waals surface area contributed by atoms with E-state index in [0.717, 1.165) is 38.1 Å². The molecule has 0 aromatic carbocycles. The lowest BCUT2D eigenvalue weighted by molar-refractivity contribution is -0.297. The molecule has 78 valence electrons. The molecule has 0 aromatic rings. The molecular weight excluding hydrogens is 182 g/mol. The maximum absolute atomic E-state index is 11.4. The Bertz CT molecular complexity index is 252. The topological polar surface area (TPSA) is 60.4 Å². The van der Waals surface area contributed by atoms with Crippen molar-refractivity contribution in [2.24, 2.45) is 5.92 Å². The average molecular weight is 196 g/mol. The van der Waals surface area contributed by atoms with Crippen LogP contribution >= 0.6 is 0 Å². The lowest BCUT2D eigenvalue weighted by Gasteiger charge is -2.29. The predicted molar refractivity (Wildman–Crippen MR) is 49.1 cm³/mol. The van der Waals surface area contributed by atoms with Crippen molar-refractivity contribution in [2.75, 3.05) is 13.1 Å². The number of aliphatic carboxylic acids is 1. The van der Waals surface area contributed by atoms with Crippen LogP contribution in [0.5, 0.6) is 0 Å². The van der Waals surface area contributed by atoms with E-state index in [9.17, 15) is 14.7 Å². The van der Waals surface area contributed by atoms with Gasteiger partial charge in [0.2, 0.25) is 5.91 Å². The van der Waals surface area contributed by atoms with Gasteiger partial charge in [-0.15, -0.1) is 0 Å². The first-order valence-electron chi connectivity index (χ1n) is 4.77. The number of amides is 1. The first-order valence-corrected chi connectivity index (χ1v) is 4.77. The molecule has 1 rings (SSSR count). The third kappa shape index (κ3) is 3.20. The fourth-order valence-electron chi connectivity index (χ4n) is 1.47. The lowest BCUT2D eigenvalue weighted by atomic mass is 9.99. The Balaban J connectivity index is 2.42. The zero-order chi connectivity index (χ0) is 10.6. The van der Waals surface area contributed by atoms with Crippen molar-refractivity contribution in [3.8, 4) is 0 Å². The third-order valence-electron chi connectivity index (χ3n) is 2.46. The van der Waals surface area contributed by atoms with Gasteiger partial charge < -0.3 is 14.8 Å². The smallest absolute Gasteiger partial charge is 0.246 e. The van der Waals surface area contributed by atoms with Crippen molar-refractivity contribution < 1.29 is 14.7 Å². The summed E-state index contributed by atoms with van der Waals surface area (Å²) in [5, 5.41) is 10.1. The second kappa shape index (κ2) is 4.79. The number of rotatable bonds is 2. The van der Waals surface area contributed by atoms with Gasteiger partial charge in [-0.2, -0.15) is 0 Å². The highest BCUT2D eigenvalue weighted by Gasteiger charge is 2.17. The zero-order valence-electron chi connectivity index (χ0n) is 8.23. The molecule has 1 heterocycles. The van der Waals surface area contributed by atoms with Crippen LogP contribution in [0.2, 0.25) is 0 Å². The van der Waals surface area contributed by atoms with E-state index in [1.54, 1.807) is 4.90 Å². The molecule has 0 aromatic heterocycles. The minimum absolute atomic E-state index is 0.235. The van der Waals surface area contributed by atoms with Crippen molar-refractivity contribution in [1.82, 2.24) is 4.90 Å². The Hall–Kier alpha value is -1.32. The molecule has 0 N–H and O–H groups in total. The fourth-order valence-corrected chi connectivity index (χ4v) is 1.47. The minimum Gasteiger partial charge on any atom is -0.545 e. The minimum atomic E-state index is -1.33. The fraction of sp³-hybridized carbons (Fsp3) is 0.600. The number of hydrogen-bond donors (Lipinski definition) is 0. The summed E-state index contributed by atoms with van der Waals surface area (Å²) >= 11 is 0. The maximum Gasteiger partial charge on any atom is 0.246 e. The molecule has 1 saturated heterocycles. The molecule has 0 unspecified atom stereocenters. The molecule has 1 aliphatic rings. The van der Waals surface area contributed by atoms with E-state index in [4.69, 9.17) is 0 Å². The van der Waals surface area contributed by atoms with Crippen LogP contribution in [0.4, 0.5) is 0 Å². The molecule has 0 radical (unpaired) electrons. The van der Waals surface area contributed by atoms with E-state index in [0.29, 0.717) is 5.92 Å². The number of piperidine rings is 1. The van der Waals surface area contributed by atoms with Crippen molar-refractivity contribution in [1.29, 1.82) is 0 Å². The van der Waals surface area contributed by atoms with Crippen molar-refractivity contribution in [2.45, 2.75) is 19.8 Å². The van der Waals surface area contributed by atoms with Crippen LogP contribution in [0, 0.1) is 5.92 Å². The van der Waals surface area contributed by atoms with E-state index in [-0.39, 0.29) is 5.91 Å². The molecule has 0 atom stereocenters. The summed E-state index contributed by atoms with van der Waals surface area (Å²) in [5.74, 6) is -0.908. The van der Waals surface area contributed by atoms with Gasteiger partial charge in [-0.25, -0.2) is 0 Å². The summed E-state index contributed by atoms with van der Waals surface area (Å²) in [6.45, 7) is 3.59. The van der Waals surface area contributed by atoms with Gasteiger partial charge in [-0.3, -0.25) is 4.79 Å². The standard InChI is InChI=1S/C10H15NO3/c1-8-4-6-11(7-5-8)9(12)2-3-10(13)14/h2-3,8H,4-7H2,1H3,(H,13,14)/p-1/b3-2+. The van der Waals surface area contributed by atoms with Gasteiger partial charge in [0.1, 0.15) is 0 Å². The quantitative estimate of drug-likeness (QED) is 0.562. The normalized spacial score (nSPS) is 18.8. The Morgan fingerprint density at radius 1 is 1.29 bits per heavy atom. The van der Waals surface area contributed by atoms with Gasteiger partial charge in [-0.05, 0) is 24.8 Å². The van der Waals surface area contributed by atoms with Crippen LogP contribution in [-0.2, 0) is 9.59 Å². The summed E-state index contributed by atoms with van der Waals surface area (Å²) in [5.41, 5.74) is 0. The van der Waals surface area contributed by atoms with Crippen LogP contribution in [-0.4, -0.2) is 29.9 Å². The highest BCUT2D eigenvalue weighted by atomic mass is 16.4. The molecule has 1 amide bonds. The van der Waals surface area contributed by atoms with E-state index in [1.807, 2.05) is 0 Å². The predicted octanol–water partition coefficient (Wildman–Crippen LogP) is -0.449. The van der Waals surface area contributed by atoms with Crippen molar-refractivity contribution in [3.63, 3.8) is 0 Å². The first kappa shape index (κ1) is 10.8. The average Bonchev–Trinajstić information content (AvgIpc) is 2.15. The second-order valence-electron chi connectivity index (χ2n) is 3.66. The molecule has 14 heavy (non-hydrogen) atoms. The number of carboxylic acids is 1. The molecule has 0 bridgehead atoms. The summed E-state index contributed by atoms with van der Waals surface area (Å²) in [6.07, 6.45) is 3.82. The molecular formula is C10H14NO3-. The van der Waals surface area contributed by atoms with Crippen LogP contribution < -0.4 is 5.11 Å². The number of hydrogen-bond acceptors (Lipinski definition) is 3. The number of nitrogens with zero attached hydrogens (tertiary/aromatic N) is 1. The SMILES string of the molecule is CC1CCN(C(=O)/C=C/C(=O)[O-])CC1. The number of likely N-dealkylation sites (tertiary alicyclic amines) is 1. The first-order chi connectivity index (χ1) is 6.59. The number of carboxylic acid groups (broad SMARTS) is 1. The summed E-state index contributed by atoms with van der Waals surface area (Å²) in [6, 6.07) is 0. The van der Waals surface area contributed by atoms with E-state index in [1.165, 1.54) is 0 Å². The van der Waals surface area contributed by atoms with Gasteiger partial charge in [0.25, 0.3) is 0 Å².